The summed E-state index contributed by atoms with van der Waals surface area (Å²) in [6.07, 6.45) is 0.772. The first-order valence-electron chi connectivity index (χ1n) is 6.84. The van der Waals surface area contributed by atoms with Gasteiger partial charge < -0.3 is 10.5 Å². The second-order valence-corrected chi connectivity index (χ2v) is 4.91. The Morgan fingerprint density at radius 3 is 2.45 bits per heavy atom. The number of hydrogen-bond donors (Lipinski definition) is 1. The number of rotatable bonds is 6. The van der Waals surface area contributed by atoms with E-state index in [1.165, 1.54) is 17.2 Å². The molecule has 2 aromatic rings. The first kappa shape index (κ1) is 14.5. The number of aryl methyl sites for hydroxylation is 1. The average molecular weight is 273 g/mol. The van der Waals surface area contributed by atoms with Crippen LogP contribution in [0.1, 0.15) is 23.5 Å². The van der Waals surface area contributed by atoms with Crippen molar-refractivity contribution in [3.05, 3.63) is 65.5 Å². The SMILES string of the molecule is Cc1ccc(C(CN)CCOc2ccccc2F)cc1. The van der Waals surface area contributed by atoms with Crippen LogP contribution in [0.25, 0.3) is 0 Å². The van der Waals surface area contributed by atoms with Gasteiger partial charge in [-0.25, -0.2) is 4.39 Å². The Bertz CT molecular complexity index is 539. The van der Waals surface area contributed by atoms with Crippen molar-refractivity contribution in [2.75, 3.05) is 13.2 Å². The van der Waals surface area contributed by atoms with Crippen molar-refractivity contribution in [1.82, 2.24) is 0 Å². The molecule has 2 rings (SSSR count). The molecular weight excluding hydrogens is 253 g/mol. The lowest BCUT2D eigenvalue weighted by Gasteiger charge is -2.16. The van der Waals surface area contributed by atoms with Gasteiger partial charge in [0.05, 0.1) is 6.61 Å². The van der Waals surface area contributed by atoms with E-state index in [-0.39, 0.29) is 11.7 Å². The molecule has 2 N–H and O–H groups in total. The minimum atomic E-state index is -0.327. The van der Waals surface area contributed by atoms with Gasteiger partial charge in [-0.1, -0.05) is 42.0 Å². The van der Waals surface area contributed by atoms with Crippen LogP contribution in [0.5, 0.6) is 5.75 Å². The normalized spacial score (nSPS) is 12.2. The van der Waals surface area contributed by atoms with Crippen LogP contribution in [0.2, 0.25) is 0 Å². The smallest absolute Gasteiger partial charge is 0.165 e. The molecule has 2 nitrogen and oxygen atoms in total. The van der Waals surface area contributed by atoms with E-state index in [4.69, 9.17) is 10.5 Å². The van der Waals surface area contributed by atoms with E-state index in [0.717, 1.165) is 6.42 Å². The lowest BCUT2D eigenvalue weighted by Crippen LogP contribution is -2.15. The minimum Gasteiger partial charge on any atom is -0.490 e. The van der Waals surface area contributed by atoms with E-state index in [0.29, 0.717) is 18.9 Å². The lowest BCUT2D eigenvalue weighted by atomic mass is 9.95. The van der Waals surface area contributed by atoms with E-state index < -0.39 is 0 Å². The van der Waals surface area contributed by atoms with Crippen LogP contribution in [0.4, 0.5) is 4.39 Å². The number of para-hydroxylation sites is 1. The highest BCUT2D eigenvalue weighted by Gasteiger charge is 2.10. The van der Waals surface area contributed by atoms with Gasteiger partial charge in [-0.15, -0.1) is 0 Å². The van der Waals surface area contributed by atoms with Crippen LogP contribution >= 0.6 is 0 Å². The number of halogens is 1. The summed E-state index contributed by atoms with van der Waals surface area (Å²) < 4.78 is 18.9. The van der Waals surface area contributed by atoms with Crippen molar-refractivity contribution >= 4 is 0 Å². The molecule has 0 radical (unpaired) electrons. The number of ether oxygens (including phenoxy) is 1. The third kappa shape index (κ3) is 3.81. The van der Waals surface area contributed by atoms with Crippen molar-refractivity contribution in [2.45, 2.75) is 19.3 Å². The maximum absolute atomic E-state index is 13.4. The highest BCUT2D eigenvalue weighted by Crippen LogP contribution is 2.21. The Balaban J connectivity index is 1.91. The molecule has 0 aliphatic carbocycles. The summed E-state index contributed by atoms with van der Waals surface area (Å²) in [4.78, 5) is 0. The number of nitrogens with two attached hydrogens (primary N) is 1. The molecule has 0 heterocycles. The quantitative estimate of drug-likeness (QED) is 0.872. The maximum Gasteiger partial charge on any atom is 0.165 e. The molecule has 0 saturated carbocycles. The molecule has 3 heteroatoms. The highest BCUT2D eigenvalue weighted by molar-refractivity contribution is 5.25. The van der Waals surface area contributed by atoms with Crippen molar-refractivity contribution < 1.29 is 9.13 Å². The minimum absolute atomic E-state index is 0.238. The molecule has 0 bridgehead atoms. The Kier molecular flexibility index (Phi) is 5.13. The second-order valence-electron chi connectivity index (χ2n) is 4.91. The summed E-state index contributed by atoms with van der Waals surface area (Å²) in [5, 5.41) is 0. The fourth-order valence-corrected chi connectivity index (χ4v) is 2.13. The zero-order chi connectivity index (χ0) is 14.4. The molecule has 20 heavy (non-hydrogen) atoms. The summed E-state index contributed by atoms with van der Waals surface area (Å²) >= 11 is 0. The largest absolute Gasteiger partial charge is 0.490 e. The van der Waals surface area contributed by atoms with Crippen LogP contribution in [0.3, 0.4) is 0 Å². The predicted molar refractivity (Wildman–Crippen MR) is 79.5 cm³/mol. The molecule has 1 atom stereocenters. The Hall–Kier alpha value is -1.87. The van der Waals surface area contributed by atoms with Crippen LogP contribution < -0.4 is 10.5 Å². The van der Waals surface area contributed by atoms with Crippen molar-refractivity contribution in [2.24, 2.45) is 5.73 Å². The number of benzene rings is 2. The van der Waals surface area contributed by atoms with Gasteiger partial charge in [0.2, 0.25) is 0 Å². The molecule has 0 saturated heterocycles. The molecule has 1 unspecified atom stereocenters. The maximum atomic E-state index is 13.4. The molecule has 0 aliphatic heterocycles. The molecule has 0 spiro atoms. The van der Waals surface area contributed by atoms with Crippen LogP contribution in [-0.4, -0.2) is 13.2 Å². The molecule has 0 aromatic heterocycles. The summed E-state index contributed by atoms with van der Waals surface area (Å²) in [5.41, 5.74) is 8.26. The van der Waals surface area contributed by atoms with E-state index in [9.17, 15) is 4.39 Å². The van der Waals surface area contributed by atoms with Crippen LogP contribution in [-0.2, 0) is 0 Å². The molecular formula is C17H20FNO. The third-order valence-electron chi connectivity index (χ3n) is 3.39. The summed E-state index contributed by atoms with van der Waals surface area (Å²) in [6.45, 7) is 3.07. The summed E-state index contributed by atoms with van der Waals surface area (Å²) in [5.74, 6) is 0.210. The highest BCUT2D eigenvalue weighted by atomic mass is 19.1. The van der Waals surface area contributed by atoms with Gasteiger partial charge in [0.15, 0.2) is 11.6 Å². The topological polar surface area (TPSA) is 35.2 Å². The first-order valence-corrected chi connectivity index (χ1v) is 6.84. The van der Waals surface area contributed by atoms with Gasteiger partial charge in [0.1, 0.15) is 0 Å². The molecule has 0 aliphatic rings. The standard InChI is InChI=1S/C17H20FNO/c1-13-6-8-14(9-7-13)15(12-19)10-11-20-17-5-3-2-4-16(17)18/h2-9,15H,10-12,19H2,1H3. The van der Waals surface area contributed by atoms with Gasteiger partial charge in [-0.05, 0) is 43.5 Å². The van der Waals surface area contributed by atoms with Crippen LogP contribution in [0, 0.1) is 12.7 Å². The predicted octanol–water partition coefficient (Wildman–Crippen LogP) is 3.65. The van der Waals surface area contributed by atoms with Crippen LogP contribution in [0.15, 0.2) is 48.5 Å². The van der Waals surface area contributed by atoms with Crippen molar-refractivity contribution in [3.8, 4) is 5.75 Å². The monoisotopic (exact) mass is 273 g/mol. The molecule has 2 aromatic carbocycles. The lowest BCUT2D eigenvalue weighted by molar-refractivity contribution is 0.284. The summed E-state index contributed by atoms with van der Waals surface area (Å²) in [7, 11) is 0. The van der Waals surface area contributed by atoms with E-state index in [1.807, 2.05) is 0 Å². The molecule has 0 amide bonds. The zero-order valence-electron chi connectivity index (χ0n) is 11.7. The molecule has 106 valence electrons. The molecule has 0 fully saturated rings. The summed E-state index contributed by atoms with van der Waals surface area (Å²) in [6, 6.07) is 14.8. The van der Waals surface area contributed by atoms with E-state index in [2.05, 4.69) is 31.2 Å². The zero-order valence-corrected chi connectivity index (χ0v) is 11.7. The fraction of sp³-hybridized carbons (Fsp3) is 0.294. The van der Waals surface area contributed by atoms with E-state index in [1.54, 1.807) is 18.2 Å². The Labute approximate surface area is 119 Å². The second kappa shape index (κ2) is 7.06. The van der Waals surface area contributed by atoms with Crippen molar-refractivity contribution in [1.29, 1.82) is 0 Å². The van der Waals surface area contributed by atoms with Gasteiger partial charge in [0, 0.05) is 0 Å². The fourth-order valence-electron chi connectivity index (χ4n) is 2.13. The number of hydrogen-bond acceptors (Lipinski definition) is 2. The first-order chi connectivity index (χ1) is 9.70. The van der Waals surface area contributed by atoms with E-state index >= 15 is 0 Å². The van der Waals surface area contributed by atoms with Crippen molar-refractivity contribution in [3.63, 3.8) is 0 Å². The van der Waals surface area contributed by atoms with Gasteiger partial charge in [-0.3, -0.25) is 0 Å². The van der Waals surface area contributed by atoms with Gasteiger partial charge in [0.25, 0.3) is 0 Å². The average Bonchev–Trinajstić information content (AvgIpc) is 2.47. The Morgan fingerprint density at radius 1 is 1.10 bits per heavy atom. The Morgan fingerprint density at radius 2 is 1.80 bits per heavy atom. The van der Waals surface area contributed by atoms with Gasteiger partial charge in [-0.2, -0.15) is 0 Å². The van der Waals surface area contributed by atoms with Gasteiger partial charge >= 0.3 is 0 Å². The third-order valence-corrected chi connectivity index (χ3v) is 3.39.